The average Bonchev–Trinajstić information content (AvgIpc) is 2.72. The van der Waals surface area contributed by atoms with Crippen molar-refractivity contribution >= 4 is 30.5 Å². The van der Waals surface area contributed by atoms with E-state index in [1.165, 1.54) is 22.4 Å². The smallest absolute Gasteiger partial charge is 0.0606 e. The summed E-state index contributed by atoms with van der Waals surface area (Å²) in [4.78, 5) is 2.14. The Kier molecular flexibility index (Phi) is 11.4. The molecule has 174 valence electrons. The first-order chi connectivity index (χ1) is 13.9. The summed E-state index contributed by atoms with van der Waals surface area (Å²) in [5.74, 6) is 0.559. The Hall–Kier alpha value is -1.26. The maximum Gasteiger partial charge on any atom is 0.0606 e. The molecule has 0 aliphatic carbocycles. The number of halogens is 2. The van der Waals surface area contributed by atoms with E-state index in [-0.39, 0.29) is 30.2 Å². The number of nitrogens with one attached hydrogen (secondary N) is 1. The minimum Gasteiger partial charge on any atom is -0.378 e. The van der Waals surface area contributed by atoms with E-state index in [9.17, 15) is 0 Å². The molecule has 2 aromatic rings. The zero-order valence-corrected chi connectivity index (χ0v) is 21.3. The molecule has 3 rings (SSSR count). The minimum absolute atomic E-state index is 0. The van der Waals surface area contributed by atoms with E-state index in [1.807, 2.05) is 0 Å². The molecule has 0 radical (unpaired) electrons. The summed E-state index contributed by atoms with van der Waals surface area (Å²) in [6.45, 7) is 9.54. The largest absolute Gasteiger partial charge is 0.378 e. The summed E-state index contributed by atoms with van der Waals surface area (Å²) in [5.41, 5.74) is 5.61. The van der Waals surface area contributed by atoms with E-state index in [2.05, 4.69) is 93.6 Å². The van der Waals surface area contributed by atoms with Crippen LogP contribution in [-0.4, -0.2) is 33.4 Å². The molecular formula is C26H40Cl2N2O. The normalized spacial score (nSPS) is 20.6. The van der Waals surface area contributed by atoms with Gasteiger partial charge in [-0.1, -0.05) is 55.8 Å². The van der Waals surface area contributed by atoms with E-state index in [1.54, 1.807) is 0 Å². The lowest BCUT2D eigenvalue weighted by molar-refractivity contribution is -0.0469. The van der Waals surface area contributed by atoms with Crippen molar-refractivity contribution in [3.8, 4) is 0 Å². The summed E-state index contributed by atoms with van der Waals surface area (Å²) in [6, 6.07) is 18.0. The van der Waals surface area contributed by atoms with Gasteiger partial charge in [0.2, 0.25) is 0 Å². The van der Waals surface area contributed by atoms with Gasteiger partial charge < -0.3 is 15.0 Å². The topological polar surface area (TPSA) is 24.5 Å². The van der Waals surface area contributed by atoms with Gasteiger partial charge in [-0.2, -0.15) is 0 Å². The molecule has 2 unspecified atom stereocenters. The summed E-state index contributed by atoms with van der Waals surface area (Å²) in [5, 5.41) is 3.69. The highest BCUT2D eigenvalue weighted by Crippen LogP contribution is 2.41. The molecule has 5 heteroatoms. The average molecular weight is 468 g/mol. The third-order valence-electron chi connectivity index (χ3n) is 6.47. The van der Waals surface area contributed by atoms with E-state index in [0.29, 0.717) is 12.0 Å². The molecule has 3 nitrogen and oxygen atoms in total. The SMILES string of the molecule is Cc1ccc(C2(CCNCc3ccc(N(C)C)cc3)CCOC(C(C)C)C2)cc1.Cl.Cl. The van der Waals surface area contributed by atoms with Gasteiger partial charge in [0.25, 0.3) is 0 Å². The van der Waals surface area contributed by atoms with Crippen molar-refractivity contribution in [2.75, 3.05) is 32.1 Å². The zero-order chi connectivity index (χ0) is 20.9. The van der Waals surface area contributed by atoms with Crippen LogP contribution in [0.4, 0.5) is 5.69 Å². The van der Waals surface area contributed by atoms with Crippen LogP contribution in [0, 0.1) is 12.8 Å². The lowest BCUT2D eigenvalue weighted by Gasteiger charge is -2.43. The van der Waals surface area contributed by atoms with Crippen LogP contribution in [0.15, 0.2) is 48.5 Å². The van der Waals surface area contributed by atoms with Crippen molar-refractivity contribution in [3.05, 3.63) is 65.2 Å². The lowest BCUT2D eigenvalue weighted by Crippen LogP contribution is -2.42. The van der Waals surface area contributed by atoms with Gasteiger partial charge in [0, 0.05) is 38.3 Å². The molecule has 1 saturated heterocycles. The summed E-state index contributed by atoms with van der Waals surface area (Å²) in [6.07, 6.45) is 3.73. The number of nitrogens with zero attached hydrogens (tertiary/aromatic N) is 1. The highest BCUT2D eigenvalue weighted by atomic mass is 35.5. The highest BCUT2D eigenvalue weighted by Gasteiger charge is 2.39. The van der Waals surface area contributed by atoms with E-state index >= 15 is 0 Å². The summed E-state index contributed by atoms with van der Waals surface area (Å²) < 4.78 is 6.12. The van der Waals surface area contributed by atoms with Gasteiger partial charge in [0.05, 0.1) is 6.10 Å². The molecule has 1 N–H and O–H groups in total. The fraction of sp³-hybridized carbons (Fsp3) is 0.538. The second kappa shape index (κ2) is 12.7. The van der Waals surface area contributed by atoms with Gasteiger partial charge in [-0.15, -0.1) is 24.8 Å². The maximum atomic E-state index is 6.12. The zero-order valence-electron chi connectivity index (χ0n) is 19.7. The van der Waals surface area contributed by atoms with Crippen LogP contribution in [0.25, 0.3) is 0 Å². The molecule has 0 amide bonds. The number of aryl methyl sites for hydroxylation is 1. The van der Waals surface area contributed by atoms with Crippen molar-refractivity contribution in [1.29, 1.82) is 0 Å². The Morgan fingerprint density at radius 1 is 1.03 bits per heavy atom. The first kappa shape index (κ1) is 27.8. The molecule has 1 aliphatic heterocycles. The molecule has 2 aromatic carbocycles. The van der Waals surface area contributed by atoms with Crippen molar-refractivity contribution in [2.24, 2.45) is 5.92 Å². The minimum atomic E-state index is 0. The van der Waals surface area contributed by atoms with Crippen LogP contribution in [0.2, 0.25) is 0 Å². The van der Waals surface area contributed by atoms with Gasteiger partial charge in [-0.05, 0) is 61.9 Å². The Bertz CT molecular complexity index is 762. The lowest BCUT2D eigenvalue weighted by atomic mass is 9.68. The molecule has 0 saturated carbocycles. The second-order valence-electron chi connectivity index (χ2n) is 9.24. The number of ether oxygens (including phenoxy) is 1. The highest BCUT2D eigenvalue weighted by molar-refractivity contribution is 5.85. The van der Waals surface area contributed by atoms with Gasteiger partial charge in [0.1, 0.15) is 0 Å². The molecule has 0 spiro atoms. The quantitative estimate of drug-likeness (QED) is 0.471. The van der Waals surface area contributed by atoms with E-state index in [0.717, 1.165) is 39.0 Å². The first-order valence-electron chi connectivity index (χ1n) is 11.1. The van der Waals surface area contributed by atoms with Crippen molar-refractivity contribution in [3.63, 3.8) is 0 Å². The monoisotopic (exact) mass is 466 g/mol. The molecule has 1 heterocycles. The predicted molar refractivity (Wildman–Crippen MR) is 138 cm³/mol. The Morgan fingerprint density at radius 3 is 2.26 bits per heavy atom. The Labute approximate surface area is 201 Å². The van der Waals surface area contributed by atoms with E-state index in [4.69, 9.17) is 4.74 Å². The molecule has 0 aromatic heterocycles. The molecule has 0 bridgehead atoms. The van der Waals surface area contributed by atoms with Gasteiger partial charge in [-0.3, -0.25) is 0 Å². The number of benzene rings is 2. The van der Waals surface area contributed by atoms with Gasteiger partial charge in [0.15, 0.2) is 0 Å². The maximum absolute atomic E-state index is 6.12. The number of hydrogen-bond acceptors (Lipinski definition) is 3. The van der Waals surface area contributed by atoms with Crippen LogP contribution in [0.5, 0.6) is 0 Å². The number of anilines is 1. The number of rotatable bonds is 8. The molecule has 2 atom stereocenters. The molecule has 31 heavy (non-hydrogen) atoms. The Balaban J connectivity index is 0.00000240. The second-order valence-corrected chi connectivity index (χ2v) is 9.24. The van der Waals surface area contributed by atoms with Crippen LogP contribution in [-0.2, 0) is 16.7 Å². The van der Waals surface area contributed by atoms with Crippen LogP contribution in [0.3, 0.4) is 0 Å². The van der Waals surface area contributed by atoms with Crippen LogP contribution < -0.4 is 10.2 Å². The summed E-state index contributed by atoms with van der Waals surface area (Å²) in [7, 11) is 4.16. The fourth-order valence-electron chi connectivity index (χ4n) is 4.39. The van der Waals surface area contributed by atoms with Crippen LogP contribution in [0.1, 0.15) is 49.8 Å². The van der Waals surface area contributed by atoms with Crippen LogP contribution >= 0.6 is 24.8 Å². The Morgan fingerprint density at radius 2 is 1.68 bits per heavy atom. The predicted octanol–water partition coefficient (Wildman–Crippen LogP) is 6.16. The van der Waals surface area contributed by atoms with Gasteiger partial charge >= 0.3 is 0 Å². The summed E-state index contributed by atoms with van der Waals surface area (Å²) >= 11 is 0. The standard InChI is InChI=1S/C26H38N2O.2ClH/c1-20(2)25-18-26(15-17-29-25,23-10-6-21(3)7-11-23)14-16-27-19-22-8-12-24(13-9-22)28(4)5;;/h6-13,20,25,27H,14-19H2,1-5H3;2*1H. The van der Waals surface area contributed by atoms with Crippen molar-refractivity contribution < 1.29 is 4.74 Å². The first-order valence-corrected chi connectivity index (χ1v) is 11.1. The third-order valence-corrected chi connectivity index (χ3v) is 6.47. The van der Waals surface area contributed by atoms with Crippen molar-refractivity contribution in [2.45, 2.75) is 58.1 Å². The number of hydrogen-bond donors (Lipinski definition) is 1. The van der Waals surface area contributed by atoms with E-state index < -0.39 is 0 Å². The third kappa shape index (κ3) is 7.39. The molecule has 1 aliphatic rings. The molecule has 1 fully saturated rings. The van der Waals surface area contributed by atoms with Crippen molar-refractivity contribution in [1.82, 2.24) is 5.32 Å². The molecular weight excluding hydrogens is 427 g/mol. The van der Waals surface area contributed by atoms with Gasteiger partial charge in [-0.25, -0.2) is 0 Å². The fourth-order valence-corrected chi connectivity index (χ4v) is 4.39.